The number of aromatic nitrogens is 1. The van der Waals surface area contributed by atoms with Gasteiger partial charge in [-0.2, -0.15) is 0 Å². The molecule has 1 fully saturated rings. The molecule has 1 amide bonds. The van der Waals surface area contributed by atoms with Gasteiger partial charge in [0.1, 0.15) is 0 Å². The molecule has 32 heavy (non-hydrogen) atoms. The summed E-state index contributed by atoms with van der Waals surface area (Å²) in [5.74, 6) is 0.208. The van der Waals surface area contributed by atoms with Gasteiger partial charge in [-0.1, -0.05) is 23.2 Å². The van der Waals surface area contributed by atoms with Gasteiger partial charge in [0, 0.05) is 61.0 Å². The number of benzene rings is 1. The van der Waals surface area contributed by atoms with Gasteiger partial charge in [0.25, 0.3) is 5.91 Å². The molecule has 9 heteroatoms. The van der Waals surface area contributed by atoms with Crippen LogP contribution in [0, 0.1) is 0 Å². The van der Waals surface area contributed by atoms with Gasteiger partial charge in [0.15, 0.2) is 22.9 Å². The number of hydrogen-bond acceptors (Lipinski definition) is 6. The number of hydrogen-bond donors (Lipinski definition) is 0. The van der Waals surface area contributed by atoms with Crippen LogP contribution in [0.15, 0.2) is 35.0 Å². The van der Waals surface area contributed by atoms with Gasteiger partial charge in [-0.05, 0) is 32.2 Å². The number of fused-ring (bicyclic) bond motifs is 1. The number of rotatable bonds is 5. The van der Waals surface area contributed by atoms with Gasteiger partial charge in [0.2, 0.25) is 0 Å². The Labute approximate surface area is 195 Å². The molecule has 7 nitrogen and oxygen atoms in total. The molecular weight excluding hydrogens is 453 g/mol. The van der Waals surface area contributed by atoms with Gasteiger partial charge in [0.05, 0.1) is 17.2 Å². The topological polar surface area (TPSA) is 75.9 Å². The number of halogens is 2. The van der Waals surface area contributed by atoms with E-state index in [1.54, 1.807) is 23.1 Å². The van der Waals surface area contributed by atoms with Gasteiger partial charge < -0.3 is 19.0 Å². The summed E-state index contributed by atoms with van der Waals surface area (Å²) in [6.45, 7) is 4.08. The van der Waals surface area contributed by atoms with Crippen molar-refractivity contribution in [2.24, 2.45) is 0 Å². The average Bonchev–Trinajstić information content (AvgIpc) is 3.22. The quantitative estimate of drug-likeness (QED) is 0.510. The van der Waals surface area contributed by atoms with E-state index in [-0.39, 0.29) is 29.9 Å². The number of amides is 1. The van der Waals surface area contributed by atoms with Gasteiger partial charge in [-0.15, -0.1) is 0 Å². The number of likely N-dealkylation sites (N-methyl/N-ethyl adjacent to an activating group) is 1. The van der Waals surface area contributed by atoms with E-state index in [0.717, 1.165) is 6.54 Å². The molecule has 0 bridgehead atoms. The summed E-state index contributed by atoms with van der Waals surface area (Å²) in [7, 11) is 3.55. The second-order valence-electron chi connectivity index (χ2n) is 7.93. The van der Waals surface area contributed by atoms with E-state index in [9.17, 15) is 9.59 Å². The monoisotopic (exact) mass is 475 g/mol. The van der Waals surface area contributed by atoms with Crippen LogP contribution in [-0.2, 0) is 6.42 Å². The molecule has 0 aliphatic carbocycles. The number of pyridine rings is 1. The number of furan rings is 1. The molecular formula is C23H23Cl2N3O4. The highest BCUT2D eigenvalue weighted by atomic mass is 35.5. The van der Waals surface area contributed by atoms with Gasteiger partial charge in [-0.25, -0.2) is 0 Å². The lowest BCUT2D eigenvalue weighted by Gasteiger charge is -2.37. The second kappa shape index (κ2) is 9.10. The first kappa shape index (κ1) is 22.6. The molecule has 1 unspecified atom stereocenters. The Kier molecular flexibility index (Phi) is 6.42. The zero-order chi connectivity index (χ0) is 23.0. The zero-order valence-corrected chi connectivity index (χ0v) is 19.5. The summed E-state index contributed by atoms with van der Waals surface area (Å²) in [5, 5.41) is 1.16. The minimum atomic E-state index is -0.208. The maximum Gasteiger partial charge on any atom is 0.289 e. The van der Waals surface area contributed by atoms with Crippen LogP contribution in [0.3, 0.4) is 0 Å². The van der Waals surface area contributed by atoms with E-state index in [0.29, 0.717) is 51.0 Å². The molecule has 0 spiro atoms. The molecule has 2 aromatic heterocycles. The van der Waals surface area contributed by atoms with E-state index in [1.807, 2.05) is 7.05 Å². The predicted octanol–water partition coefficient (Wildman–Crippen LogP) is 4.34. The smallest absolute Gasteiger partial charge is 0.289 e. The summed E-state index contributed by atoms with van der Waals surface area (Å²) in [6.07, 6.45) is 2.89. The molecule has 3 heterocycles. The lowest BCUT2D eigenvalue weighted by molar-refractivity contribution is 0.0544. The lowest BCUT2D eigenvalue weighted by Crippen LogP contribution is -2.51. The summed E-state index contributed by atoms with van der Waals surface area (Å²) in [5.41, 5.74) is 1.26. The first-order valence-corrected chi connectivity index (χ1v) is 11.0. The van der Waals surface area contributed by atoms with Crippen molar-refractivity contribution in [3.63, 3.8) is 0 Å². The Morgan fingerprint density at radius 1 is 1.22 bits per heavy atom. The molecule has 1 aliphatic rings. The number of Topliss-reactive ketones (excluding diaryl/α,β-unsaturated/α-hetero) is 1. The second-order valence-corrected chi connectivity index (χ2v) is 8.75. The third-order valence-corrected chi connectivity index (χ3v) is 6.57. The van der Waals surface area contributed by atoms with Crippen molar-refractivity contribution in [1.29, 1.82) is 0 Å². The van der Waals surface area contributed by atoms with Crippen molar-refractivity contribution in [3.8, 4) is 5.75 Å². The summed E-state index contributed by atoms with van der Waals surface area (Å²) >= 11 is 12.4. The number of piperazine rings is 1. The van der Waals surface area contributed by atoms with Gasteiger partial charge >= 0.3 is 0 Å². The number of ether oxygens (including phenoxy) is 1. The molecule has 0 radical (unpaired) electrons. The largest absolute Gasteiger partial charge is 0.493 e. The van der Waals surface area contributed by atoms with Crippen LogP contribution < -0.4 is 4.74 Å². The number of carbonyl (C=O) groups is 2. The number of nitrogens with zero attached hydrogens (tertiary/aromatic N) is 3. The third-order valence-electron chi connectivity index (χ3n) is 5.92. The van der Waals surface area contributed by atoms with Crippen molar-refractivity contribution in [2.75, 3.05) is 33.8 Å². The van der Waals surface area contributed by atoms with Crippen LogP contribution in [0.1, 0.15) is 33.4 Å². The Balaban J connectivity index is 1.70. The molecule has 1 aromatic carbocycles. The Morgan fingerprint density at radius 3 is 2.59 bits per heavy atom. The maximum atomic E-state index is 13.2. The van der Waals surface area contributed by atoms with Crippen LogP contribution >= 0.6 is 23.2 Å². The maximum absolute atomic E-state index is 13.2. The third kappa shape index (κ3) is 4.20. The molecule has 0 N–H and O–H groups in total. The lowest BCUT2D eigenvalue weighted by atomic mass is 10.00. The van der Waals surface area contributed by atoms with Crippen molar-refractivity contribution < 1.29 is 18.7 Å². The number of ketones is 1. The average molecular weight is 476 g/mol. The number of carbonyl (C=O) groups excluding carboxylic acids is 2. The minimum absolute atomic E-state index is 0.00789. The highest BCUT2D eigenvalue weighted by molar-refractivity contribution is 6.36. The first-order chi connectivity index (χ1) is 15.3. The molecule has 0 saturated carbocycles. The van der Waals surface area contributed by atoms with Crippen LogP contribution in [-0.4, -0.2) is 66.3 Å². The van der Waals surface area contributed by atoms with Crippen LogP contribution in [0.4, 0.5) is 0 Å². The molecule has 1 aliphatic heterocycles. The van der Waals surface area contributed by atoms with E-state index in [2.05, 4.69) is 16.8 Å². The standard InChI is InChI=1S/C23H23Cl2N3O4/c1-13-12-28(7-6-27(13)2)23(30)21-9-15-14(4-5-20(31-3)22(15)32-21)19(29)8-16-17(24)10-26-11-18(16)25/h4-5,9-11,13H,6-8,12H2,1-3H3. The Morgan fingerprint density at radius 2 is 1.94 bits per heavy atom. The van der Waals surface area contributed by atoms with Gasteiger partial charge in [-0.3, -0.25) is 14.6 Å². The zero-order valence-electron chi connectivity index (χ0n) is 18.0. The molecule has 1 atom stereocenters. The Bertz CT molecular complexity index is 1170. The van der Waals surface area contributed by atoms with E-state index < -0.39 is 0 Å². The number of methoxy groups -OCH3 is 1. The predicted molar refractivity (Wildman–Crippen MR) is 123 cm³/mol. The SMILES string of the molecule is COc1ccc(C(=O)Cc2c(Cl)cncc2Cl)c2cc(C(=O)N3CCN(C)C(C)C3)oc12. The van der Waals surface area contributed by atoms with Crippen LogP contribution in [0.25, 0.3) is 11.0 Å². The molecule has 3 aromatic rings. The Hall–Kier alpha value is -2.61. The molecule has 168 valence electrons. The van der Waals surface area contributed by atoms with Crippen molar-refractivity contribution >= 4 is 45.9 Å². The van der Waals surface area contributed by atoms with Crippen molar-refractivity contribution in [2.45, 2.75) is 19.4 Å². The van der Waals surface area contributed by atoms with Crippen LogP contribution in [0.2, 0.25) is 10.0 Å². The fraction of sp³-hybridized carbons (Fsp3) is 0.348. The summed E-state index contributed by atoms with van der Waals surface area (Å²) < 4.78 is 11.3. The first-order valence-electron chi connectivity index (χ1n) is 10.2. The summed E-state index contributed by atoms with van der Waals surface area (Å²) in [4.78, 5) is 34.2. The summed E-state index contributed by atoms with van der Waals surface area (Å²) in [6, 6.07) is 5.18. The molecule has 1 saturated heterocycles. The fourth-order valence-corrected chi connectivity index (χ4v) is 4.36. The fourth-order valence-electron chi connectivity index (χ4n) is 3.86. The highest BCUT2D eigenvalue weighted by Gasteiger charge is 2.28. The highest BCUT2D eigenvalue weighted by Crippen LogP contribution is 2.34. The van der Waals surface area contributed by atoms with E-state index in [4.69, 9.17) is 32.4 Å². The van der Waals surface area contributed by atoms with Crippen LogP contribution in [0.5, 0.6) is 5.75 Å². The minimum Gasteiger partial charge on any atom is -0.493 e. The van der Waals surface area contributed by atoms with Crippen molar-refractivity contribution in [1.82, 2.24) is 14.8 Å². The van der Waals surface area contributed by atoms with Crippen molar-refractivity contribution in [3.05, 3.63) is 57.5 Å². The van der Waals surface area contributed by atoms with E-state index in [1.165, 1.54) is 19.5 Å². The normalized spacial score (nSPS) is 17.0. The van der Waals surface area contributed by atoms with E-state index >= 15 is 0 Å². The molecule has 4 rings (SSSR count).